The number of urea groups is 1. The van der Waals surface area contributed by atoms with Crippen LogP contribution in [0.4, 0.5) is 4.79 Å². The standard InChI is InChI=1S/C7H13N3O2/c8-7(11)10-9-5-6-3-1-2-4-12-6/h5-6H,1-4H2,(H3,8,10,11)/b9-5+. The van der Waals surface area contributed by atoms with Crippen LogP contribution in [0.5, 0.6) is 0 Å². The average molecular weight is 171 g/mol. The van der Waals surface area contributed by atoms with E-state index in [-0.39, 0.29) is 6.10 Å². The van der Waals surface area contributed by atoms with Crippen molar-refractivity contribution in [2.75, 3.05) is 6.61 Å². The molecule has 5 nitrogen and oxygen atoms in total. The third kappa shape index (κ3) is 3.34. The molecule has 0 bridgehead atoms. The van der Waals surface area contributed by atoms with Gasteiger partial charge in [-0.15, -0.1) is 0 Å². The van der Waals surface area contributed by atoms with Gasteiger partial charge in [0.1, 0.15) is 0 Å². The maximum atomic E-state index is 10.2. The molecule has 1 saturated heterocycles. The van der Waals surface area contributed by atoms with Crippen molar-refractivity contribution in [1.29, 1.82) is 0 Å². The molecule has 3 N–H and O–H groups in total. The monoisotopic (exact) mass is 171 g/mol. The normalized spacial score (nSPS) is 24.2. The van der Waals surface area contributed by atoms with Gasteiger partial charge < -0.3 is 10.5 Å². The fraction of sp³-hybridized carbons (Fsp3) is 0.714. The zero-order chi connectivity index (χ0) is 8.81. The van der Waals surface area contributed by atoms with E-state index in [1.54, 1.807) is 6.21 Å². The van der Waals surface area contributed by atoms with Crippen molar-refractivity contribution < 1.29 is 9.53 Å². The quantitative estimate of drug-likeness (QED) is 0.460. The summed E-state index contributed by atoms with van der Waals surface area (Å²) in [5, 5.41) is 3.62. The molecule has 0 saturated carbocycles. The van der Waals surface area contributed by atoms with Gasteiger partial charge in [0.25, 0.3) is 0 Å². The van der Waals surface area contributed by atoms with Gasteiger partial charge in [-0.3, -0.25) is 0 Å². The van der Waals surface area contributed by atoms with Gasteiger partial charge in [0.15, 0.2) is 0 Å². The molecule has 1 unspecified atom stereocenters. The molecule has 1 atom stereocenters. The maximum Gasteiger partial charge on any atom is 0.332 e. The molecule has 5 heteroatoms. The summed E-state index contributed by atoms with van der Waals surface area (Å²) < 4.78 is 5.32. The van der Waals surface area contributed by atoms with E-state index in [0.29, 0.717) is 0 Å². The summed E-state index contributed by atoms with van der Waals surface area (Å²) in [5.41, 5.74) is 6.92. The second-order valence-corrected chi connectivity index (χ2v) is 2.66. The number of carbonyl (C=O) groups excluding carboxylic acids is 1. The van der Waals surface area contributed by atoms with Gasteiger partial charge in [-0.05, 0) is 19.3 Å². The molecule has 1 heterocycles. The Morgan fingerprint density at radius 3 is 3.08 bits per heavy atom. The van der Waals surface area contributed by atoms with Crippen molar-refractivity contribution in [3.05, 3.63) is 0 Å². The van der Waals surface area contributed by atoms with Gasteiger partial charge in [-0.1, -0.05) is 0 Å². The van der Waals surface area contributed by atoms with Crippen LogP contribution in [0.2, 0.25) is 0 Å². The van der Waals surface area contributed by atoms with Gasteiger partial charge in [-0.25, -0.2) is 10.2 Å². The van der Waals surface area contributed by atoms with Gasteiger partial charge in [0, 0.05) is 6.61 Å². The van der Waals surface area contributed by atoms with Crippen molar-refractivity contribution in [2.24, 2.45) is 10.8 Å². The number of amides is 2. The average Bonchev–Trinajstić information content (AvgIpc) is 2.05. The van der Waals surface area contributed by atoms with Crippen molar-refractivity contribution in [3.63, 3.8) is 0 Å². The zero-order valence-electron chi connectivity index (χ0n) is 6.82. The molecule has 1 fully saturated rings. The highest BCUT2D eigenvalue weighted by molar-refractivity contribution is 5.73. The van der Waals surface area contributed by atoms with E-state index in [1.807, 2.05) is 0 Å². The SMILES string of the molecule is NC(=O)N/N=C/C1CCCCO1. The van der Waals surface area contributed by atoms with Crippen LogP contribution in [0.1, 0.15) is 19.3 Å². The Kier molecular flexibility index (Phi) is 3.53. The molecule has 68 valence electrons. The largest absolute Gasteiger partial charge is 0.372 e. The number of primary amides is 1. The topological polar surface area (TPSA) is 76.7 Å². The highest BCUT2D eigenvalue weighted by Gasteiger charge is 2.10. The van der Waals surface area contributed by atoms with E-state index < -0.39 is 6.03 Å². The molecule has 0 aromatic carbocycles. The summed E-state index contributed by atoms with van der Waals surface area (Å²) in [6, 6.07) is -0.651. The van der Waals surface area contributed by atoms with Crippen LogP contribution in [0.3, 0.4) is 0 Å². The Morgan fingerprint density at radius 2 is 2.50 bits per heavy atom. The predicted molar refractivity (Wildman–Crippen MR) is 44.8 cm³/mol. The van der Waals surface area contributed by atoms with Crippen LogP contribution in [0.25, 0.3) is 0 Å². The zero-order valence-corrected chi connectivity index (χ0v) is 6.82. The summed E-state index contributed by atoms with van der Waals surface area (Å²) in [5.74, 6) is 0. The Balaban J connectivity index is 2.19. The lowest BCUT2D eigenvalue weighted by Gasteiger charge is -2.18. The molecule has 0 radical (unpaired) electrons. The summed E-state index contributed by atoms with van der Waals surface area (Å²) in [4.78, 5) is 10.2. The van der Waals surface area contributed by atoms with Crippen LogP contribution in [-0.2, 0) is 4.74 Å². The summed E-state index contributed by atoms with van der Waals surface area (Å²) in [7, 11) is 0. The second kappa shape index (κ2) is 4.71. The van der Waals surface area contributed by atoms with Crippen molar-refractivity contribution in [1.82, 2.24) is 5.43 Å². The van der Waals surface area contributed by atoms with Crippen LogP contribution < -0.4 is 11.2 Å². The van der Waals surface area contributed by atoms with Crippen LogP contribution in [-0.4, -0.2) is 25.0 Å². The first kappa shape index (κ1) is 8.99. The second-order valence-electron chi connectivity index (χ2n) is 2.66. The smallest absolute Gasteiger partial charge is 0.332 e. The van der Waals surface area contributed by atoms with Crippen LogP contribution in [0, 0.1) is 0 Å². The van der Waals surface area contributed by atoms with Gasteiger partial charge >= 0.3 is 6.03 Å². The van der Waals surface area contributed by atoms with Gasteiger partial charge in [0.2, 0.25) is 0 Å². The first-order valence-corrected chi connectivity index (χ1v) is 3.99. The van der Waals surface area contributed by atoms with E-state index >= 15 is 0 Å². The molecular weight excluding hydrogens is 158 g/mol. The molecule has 0 aliphatic carbocycles. The van der Waals surface area contributed by atoms with Crippen molar-refractivity contribution >= 4 is 12.2 Å². The molecule has 1 aliphatic heterocycles. The molecule has 0 spiro atoms. The number of nitrogens with one attached hydrogen (secondary N) is 1. The highest BCUT2D eigenvalue weighted by atomic mass is 16.5. The summed E-state index contributed by atoms with van der Waals surface area (Å²) in [6.45, 7) is 0.771. The molecule has 0 aromatic rings. The Hall–Kier alpha value is -1.10. The number of nitrogens with two attached hydrogens (primary N) is 1. The lowest BCUT2D eigenvalue weighted by atomic mass is 10.1. The Morgan fingerprint density at radius 1 is 1.67 bits per heavy atom. The number of ether oxygens (including phenoxy) is 1. The van der Waals surface area contributed by atoms with E-state index in [9.17, 15) is 4.79 Å². The first-order valence-electron chi connectivity index (χ1n) is 3.99. The lowest BCUT2D eigenvalue weighted by Crippen LogP contribution is -2.27. The molecule has 2 amide bonds. The van der Waals surface area contributed by atoms with Crippen LogP contribution >= 0.6 is 0 Å². The van der Waals surface area contributed by atoms with E-state index in [2.05, 4.69) is 10.5 Å². The van der Waals surface area contributed by atoms with Gasteiger partial charge in [0.05, 0.1) is 12.3 Å². The fourth-order valence-electron chi connectivity index (χ4n) is 1.07. The predicted octanol–water partition coefficient (Wildman–Crippen LogP) is 0.210. The summed E-state index contributed by atoms with van der Waals surface area (Å²) >= 11 is 0. The van der Waals surface area contributed by atoms with Gasteiger partial charge in [-0.2, -0.15) is 5.10 Å². The highest BCUT2D eigenvalue weighted by Crippen LogP contribution is 2.10. The minimum atomic E-state index is -0.651. The Bertz CT molecular complexity index is 175. The number of rotatable bonds is 2. The van der Waals surface area contributed by atoms with Crippen molar-refractivity contribution in [2.45, 2.75) is 25.4 Å². The molecule has 1 aliphatic rings. The maximum absolute atomic E-state index is 10.2. The third-order valence-electron chi connectivity index (χ3n) is 1.63. The number of nitrogens with zero attached hydrogens (tertiary/aromatic N) is 1. The molecule has 1 rings (SSSR count). The van der Waals surface area contributed by atoms with E-state index in [0.717, 1.165) is 25.9 Å². The Labute approximate surface area is 71.0 Å². The minimum Gasteiger partial charge on any atom is -0.372 e. The van der Waals surface area contributed by atoms with Crippen molar-refractivity contribution in [3.8, 4) is 0 Å². The molecular formula is C7H13N3O2. The van der Waals surface area contributed by atoms with E-state index in [1.165, 1.54) is 0 Å². The number of carbonyl (C=O) groups is 1. The van der Waals surface area contributed by atoms with Crippen LogP contribution in [0.15, 0.2) is 5.10 Å². The summed E-state index contributed by atoms with van der Waals surface area (Å²) in [6.07, 6.45) is 4.82. The number of hydrogen-bond donors (Lipinski definition) is 2. The minimum absolute atomic E-state index is 0.0330. The van der Waals surface area contributed by atoms with E-state index in [4.69, 9.17) is 10.5 Å². The fourth-order valence-corrected chi connectivity index (χ4v) is 1.07. The number of hydrogen-bond acceptors (Lipinski definition) is 3. The molecule has 0 aromatic heterocycles. The first-order chi connectivity index (χ1) is 5.79. The lowest BCUT2D eigenvalue weighted by molar-refractivity contribution is 0.0613. The third-order valence-corrected chi connectivity index (χ3v) is 1.63. The molecule has 12 heavy (non-hydrogen) atoms. The number of hydrazone groups is 1.